The monoisotopic (exact) mass is 332 g/mol. The van der Waals surface area contributed by atoms with Crippen LogP contribution in [0.1, 0.15) is 72.6 Å². The lowest BCUT2D eigenvalue weighted by molar-refractivity contribution is 0.332. The molecule has 0 aliphatic carbocycles. The second-order valence-corrected chi connectivity index (χ2v) is 7.57. The minimum atomic E-state index is 1.02. The fourth-order valence-corrected chi connectivity index (χ4v) is 3.12. The van der Waals surface area contributed by atoms with E-state index in [2.05, 4.69) is 56.1 Å². The molecular weight excluding hydrogens is 292 g/mol. The van der Waals surface area contributed by atoms with E-state index in [4.69, 9.17) is 0 Å². The molecule has 0 bridgehead atoms. The molecule has 0 unspecified atom stereocenters. The van der Waals surface area contributed by atoms with Crippen LogP contribution in [0.25, 0.3) is 0 Å². The van der Waals surface area contributed by atoms with Gasteiger partial charge in [0.1, 0.15) is 0 Å². The zero-order chi connectivity index (χ0) is 17.6. The highest BCUT2D eigenvalue weighted by Crippen LogP contribution is 2.11. The van der Waals surface area contributed by atoms with Gasteiger partial charge in [0.15, 0.2) is 0 Å². The van der Waals surface area contributed by atoms with Gasteiger partial charge in [-0.15, -0.1) is 0 Å². The van der Waals surface area contributed by atoms with Gasteiger partial charge in [-0.2, -0.15) is 0 Å². The smallest absolute Gasteiger partial charge is 0.0137 e. The van der Waals surface area contributed by atoms with E-state index in [-0.39, 0.29) is 0 Å². The lowest BCUT2D eigenvalue weighted by Crippen LogP contribution is -2.24. The van der Waals surface area contributed by atoms with Crippen LogP contribution in [0.5, 0.6) is 0 Å². The molecule has 0 saturated carbocycles. The third-order valence-electron chi connectivity index (χ3n) is 4.74. The Balaban J connectivity index is 2.01. The number of likely N-dealkylation sites (tertiary alicyclic amines) is 1. The van der Waals surface area contributed by atoms with Gasteiger partial charge in [-0.05, 0) is 98.8 Å². The van der Waals surface area contributed by atoms with Gasteiger partial charge < -0.3 is 10.2 Å². The minimum Gasteiger partial charge on any atom is -0.313 e. The van der Waals surface area contributed by atoms with Crippen molar-refractivity contribution < 1.29 is 0 Å². The van der Waals surface area contributed by atoms with Gasteiger partial charge in [-0.3, -0.25) is 0 Å². The maximum atomic E-state index is 3.55. The van der Waals surface area contributed by atoms with Crippen LogP contribution in [0.4, 0.5) is 0 Å². The molecule has 0 aromatic carbocycles. The van der Waals surface area contributed by atoms with Gasteiger partial charge in [0.25, 0.3) is 0 Å². The molecule has 1 N–H and O–H groups in total. The number of allylic oxidation sites excluding steroid dienone is 5. The summed E-state index contributed by atoms with van der Waals surface area (Å²) in [5, 5.41) is 3.55. The summed E-state index contributed by atoms with van der Waals surface area (Å²) >= 11 is 0. The standard InChI is InChI=1S/C22H40N2/c1-20(2)10-7-11-21(3)12-8-13-22(4)14-16-23-15-9-19-24-17-5-6-18-24/h10,12,14,23H,5-9,11,13,15-19H2,1-4H3/b21-12-,22-14?. The molecule has 0 amide bonds. The molecule has 0 aromatic heterocycles. The SMILES string of the molecule is CC(C)=CCC/C(C)=C\CCC(C)=CCNCCCN1CCCC1. The highest BCUT2D eigenvalue weighted by Gasteiger charge is 2.09. The van der Waals surface area contributed by atoms with E-state index in [1.165, 1.54) is 81.3 Å². The molecule has 2 heteroatoms. The Labute approximate surface area is 151 Å². The van der Waals surface area contributed by atoms with E-state index in [1.54, 1.807) is 0 Å². The second kappa shape index (κ2) is 13.4. The van der Waals surface area contributed by atoms with Crippen LogP contribution >= 0.6 is 0 Å². The molecule has 0 atom stereocenters. The molecule has 138 valence electrons. The van der Waals surface area contributed by atoms with Crippen LogP contribution in [0.2, 0.25) is 0 Å². The van der Waals surface area contributed by atoms with E-state index in [0.29, 0.717) is 0 Å². The highest BCUT2D eigenvalue weighted by molar-refractivity contribution is 5.05. The van der Waals surface area contributed by atoms with Gasteiger partial charge in [0.05, 0.1) is 0 Å². The van der Waals surface area contributed by atoms with Crippen LogP contribution in [0.15, 0.2) is 34.9 Å². The Hall–Kier alpha value is -0.860. The zero-order valence-electron chi connectivity index (χ0n) is 16.7. The first-order chi connectivity index (χ1) is 11.6. The number of hydrogen-bond acceptors (Lipinski definition) is 2. The molecule has 0 spiro atoms. The van der Waals surface area contributed by atoms with E-state index in [9.17, 15) is 0 Å². The average molecular weight is 333 g/mol. The summed E-state index contributed by atoms with van der Waals surface area (Å²) in [4.78, 5) is 2.59. The molecule has 0 radical (unpaired) electrons. The van der Waals surface area contributed by atoms with Gasteiger partial charge in [0, 0.05) is 6.54 Å². The minimum absolute atomic E-state index is 1.02. The molecule has 1 rings (SSSR count). The van der Waals surface area contributed by atoms with Crippen LogP contribution in [0, 0.1) is 0 Å². The lowest BCUT2D eigenvalue weighted by Gasteiger charge is -2.13. The predicted octanol–water partition coefficient (Wildman–Crippen LogP) is 5.48. The fourth-order valence-electron chi connectivity index (χ4n) is 3.12. The van der Waals surface area contributed by atoms with E-state index < -0.39 is 0 Å². The van der Waals surface area contributed by atoms with Gasteiger partial charge in [-0.25, -0.2) is 0 Å². The summed E-state index contributed by atoms with van der Waals surface area (Å²) in [5.74, 6) is 0. The lowest BCUT2D eigenvalue weighted by atomic mass is 10.1. The normalized spacial score (nSPS) is 16.7. The molecule has 1 heterocycles. The summed E-state index contributed by atoms with van der Waals surface area (Å²) in [6.45, 7) is 14.9. The van der Waals surface area contributed by atoms with E-state index in [0.717, 1.165) is 13.1 Å². The first kappa shape index (κ1) is 21.2. The third kappa shape index (κ3) is 11.6. The average Bonchev–Trinajstić information content (AvgIpc) is 3.03. The van der Waals surface area contributed by atoms with Crippen molar-refractivity contribution in [3.05, 3.63) is 34.9 Å². The van der Waals surface area contributed by atoms with Crippen LogP contribution < -0.4 is 5.32 Å². The van der Waals surface area contributed by atoms with Gasteiger partial charge >= 0.3 is 0 Å². The Morgan fingerprint density at radius 3 is 2.17 bits per heavy atom. The van der Waals surface area contributed by atoms with Crippen LogP contribution in [0.3, 0.4) is 0 Å². The van der Waals surface area contributed by atoms with Crippen molar-refractivity contribution in [2.45, 2.75) is 72.6 Å². The second-order valence-electron chi connectivity index (χ2n) is 7.57. The Morgan fingerprint density at radius 1 is 0.875 bits per heavy atom. The van der Waals surface area contributed by atoms with Crippen molar-refractivity contribution in [2.75, 3.05) is 32.7 Å². The summed E-state index contributed by atoms with van der Waals surface area (Å²) in [5.41, 5.74) is 4.46. The first-order valence-corrected chi connectivity index (χ1v) is 9.95. The maximum absolute atomic E-state index is 3.55. The molecule has 1 aliphatic heterocycles. The molecule has 2 nitrogen and oxygen atoms in total. The first-order valence-electron chi connectivity index (χ1n) is 9.95. The highest BCUT2D eigenvalue weighted by atomic mass is 15.1. The maximum Gasteiger partial charge on any atom is 0.0137 e. The summed E-state index contributed by atoms with van der Waals surface area (Å²) in [6, 6.07) is 0. The summed E-state index contributed by atoms with van der Waals surface area (Å²) in [6.07, 6.45) is 15.9. The van der Waals surface area contributed by atoms with Crippen LogP contribution in [-0.4, -0.2) is 37.6 Å². The topological polar surface area (TPSA) is 15.3 Å². The Morgan fingerprint density at radius 2 is 1.50 bits per heavy atom. The third-order valence-corrected chi connectivity index (χ3v) is 4.74. The van der Waals surface area contributed by atoms with Crippen molar-refractivity contribution in [1.82, 2.24) is 10.2 Å². The van der Waals surface area contributed by atoms with Crippen molar-refractivity contribution in [3.63, 3.8) is 0 Å². The van der Waals surface area contributed by atoms with Gasteiger partial charge in [0.2, 0.25) is 0 Å². The van der Waals surface area contributed by atoms with E-state index >= 15 is 0 Å². The number of nitrogens with one attached hydrogen (secondary N) is 1. The van der Waals surface area contributed by atoms with Crippen molar-refractivity contribution in [1.29, 1.82) is 0 Å². The molecule has 1 fully saturated rings. The molecule has 0 aromatic rings. The fraction of sp³-hybridized carbons (Fsp3) is 0.727. The molecule has 1 saturated heterocycles. The zero-order valence-corrected chi connectivity index (χ0v) is 16.7. The largest absolute Gasteiger partial charge is 0.313 e. The molecule has 24 heavy (non-hydrogen) atoms. The van der Waals surface area contributed by atoms with Gasteiger partial charge in [-0.1, -0.05) is 34.9 Å². The van der Waals surface area contributed by atoms with Crippen molar-refractivity contribution in [3.8, 4) is 0 Å². The summed E-state index contributed by atoms with van der Waals surface area (Å²) < 4.78 is 0. The Kier molecular flexibility index (Phi) is 11.9. The quantitative estimate of drug-likeness (QED) is 0.376. The predicted molar refractivity (Wildman–Crippen MR) is 109 cm³/mol. The number of hydrogen-bond donors (Lipinski definition) is 1. The summed E-state index contributed by atoms with van der Waals surface area (Å²) in [7, 11) is 0. The number of nitrogens with zero attached hydrogens (tertiary/aromatic N) is 1. The Bertz CT molecular complexity index is 408. The molecular formula is C22H40N2. The molecule has 1 aliphatic rings. The number of rotatable bonds is 12. The van der Waals surface area contributed by atoms with Crippen molar-refractivity contribution >= 4 is 0 Å². The van der Waals surface area contributed by atoms with E-state index in [1.807, 2.05) is 0 Å². The van der Waals surface area contributed by atoms with Crippen LogP contribution in [-0.2, 0) is 0 Å². The van der Waals surface area contributed by atoms with Crippen molar-refractivity contribution in [2.24, 2.45) is 0 Å².